The molecule has 1 aliphatic heterocycles. The van der Waals surface area contributed by atoms with Crippen molar-refractivity contribution in [2.75, 3.05) is 0 Å². The summed E-state index contributed by atoms with van der Waals surface area (Å²) < 4.78 is 8.65. The molecule has 0 amide bonds. The van der Waals surface area contributed by atoms with Gasteiger partial charge in [-0.25, -0.2) is 4.99 Å². The number of hydrogen-bond acceptors (Lipinski definition) is 4. The first-order chi connectivity index (χ1) is 21.8. The summed E-state index contributed by atoms with van der Waals surface area (Å²) in [6.07, 6.45) is -0.331. The largest absolute Gasteiger partial charge is 0.456 e. The molecule has 9 rings (SSSR count). The van der Waals surface area contributed by atoms with Crippen LogP contribution in [0.25, 0.3) is 49.4 Å². The van der Waals surface area contributed by atoms with E-state index in [0.29, 0.717) is 0 Å². The van der Waals surface area contributed by atoms with Gasteiger partial charge in [-0.3, -0.25) is 5.32 Å². The van der Waals surface area contributed by atoms with Crippen molar-refractivity contribution < 1.29 is 4.42 Å². The van der Waals surface area contributed by atoms with Crippen LogP contribution in [0.2, 0.25) is 0 Å². The molecule has 44 heavy (non-hydrogen) atoms. The molecule has 3 heterocycles. The molecule has 5 heteroatoms. The molecule has 0 spiro atoms. The van der Waals surface area contributed by atoms with Gasteiger partial charge in [0.1, 0.15) is 29.3 Å². The molecular formula is C39H28N4O. The van der Waals surface area contributed by atoms with E-state index < -0.39 is 0 Å². The molecule has 2 unspecified atom stereocenters. The molecule has 0 bridgehead atoms. The lowest BCUT2D eigenvalue weighted by Gasteiger charge is -2.32. The highest BCUT2D eigenvalue weighted by molar-refractivity contribution is 6.17. The van der Waals surface area contributed by atoms with Crippen molar-refractivity contribution >= 4 is 49.6 Å². The zero-order valence-electron chi connectivity index (χ0n) is 23.8. The Morgan fingerprint density at radius 2 is 1.27 bits per heavy atom. The zero-order chi connectivity index (χ0) is 29.0. The maximum absolute atomic E-state index is 6.28. The molecule has 1 aliphatic rings. The van der Waals surface area contributed by atoms with Gasteiger partial charge in [0.05, 0.1) is 11.0 Å². The van der Waals surface area contributed by atoms with Crippen LogP contribution in [0.1, 0.15) is 29.0 Å². The standard InChI is InChI=1S/C39H28N4O/c1-3-12-25(13-4-1)37-40-38(26-14-5-2-6-15-26)42-39(41-37)27-16-11-17-28(22-27)43-33-20-9-7-18-29(33)31-24-36-32(23-34(31)43)30-19-8-10-21-35(30)44-36/h1-24,37,39,41H,(H,40,42). The van der Waals surface area contributed by atoms with Gasteiger partial charge in [0, 0.05) is 32.8 Å². The lowest BCUT2D eigenvalue weighted by atomic mass is 10.1. The summed E-state index contributed by atoms with van der Waals surface area (Å²) in [6.45, 7) is 0. The minimum atomic E-state index is -0.241. The van der Waals surface area contributed by atoms with Crippen LogP contribution in [0.5, 0.6) is 0 Å². The number of nitrogens with zero attached hydrogens (tertiary/aromatic N) is 2. The number of rotatable bonds is 4. The van der Waals surface area contributed by atoms with Crippen molar-refractivity contribution in [3.05, 3.63) is 162 Å². The summed E-state index contributed by atoms with van der Waals surface area (Å²) in [6, 6.07) is 50.9. The number of aromatic nitrogens is 1. The highest BCUT2D eigenvalue weighted by atomic mass is 16.3. The Kier molecular flexibility index (Phi) is 5.64. The van der Waals surface area contributed by atoms with Crippen LogP contribution in [-0.4, -0.2) is 10.4 Å². The number of aliphatic imine (C=N–C) groups is 1. The Bertz CT molecular complexity index is 2350. The molecule has 2 N–H and O–H groups in total. The monoisotopic (exact) mass is 568 g/mol. The third kappa shape index (κ3) is 4.02. The van der Waals surface area contributed by atoms with E-state index in [1.165, 1.54) is 10.8 Å². The van der Waals surface area contributed by atoms with Gasteiger partial charge in [0.25, 0.3) is 0 Å². The van der Waals surface area contributed by atoms with E-state index >= 15 is 0 Å². The van der Waals surface area contributed by atoms with Crippen molar-refractivity contribution in [1.82, 2.24) is 15.2 Å². The second-order valence-corrected chi connectivity index (χ2v) is 11.3. The first-order valence-electron chi connectivity index (χ1n) is 15.0. The molecule has 5 nitrogen and oxygen atoms in total. The third-order valence-corrected chi connectivity index (χ3v) is 8.66. The molecular weight excluding hydrogens is 540 g/mol. The van der Waals surface area contributed by atoms with Gasteiger partial charge in [0.2, 0.25) is 0 Å². The zero-order valence-corrected chi connectivity index (χ0v) is 23.8. The highest BCUT2D eigenvalue weighted by Crippen LogP contribution is 2.38. The molecule has 0 saturated carbocycles. The fraction of sp³-hybridized carbons (Fsp3) is 0.0513. The molecule has 8 aromatic rings. The van der Waals surface area contributed by atoms with E-state index in [4.69, 9.17) is 9.41 Å². The first-order valence-corrected chi connectivity index (χ1v) is 15.0. The third-order valence-electron chi connectivity index (χ3n) is 8.66. The number of benzene rings is 6. The number of amidine groups is 1. The van der Waals surface area contributed by atoms with Crippen molar-refractivity contribution in [1.29, 1.82) is 0 Å². The minimum absolute atomic E-state index is 0.0894. The van der Waals surface area contributed by atoms with E-state index in [9.17, 15) is 0 Å². The second-order valence-electron chi connectivity index (χ2n) is 11.3. The van der Waals surface area contributed by atoms with Crippen LogP contribution < -0.4 is 10.6 Å². The molecule has 6 aromatic carbocycles. The van der Waals surface area contributed by atoms with Gasteiger partial charge in [-0.2, -0.15) is 0 Å². The van der Waals surface area contributed by atoms with Gasteiger partial charge in [0.15, 0.2) is 0 Å². The van der Waals surface area contributed by atoms with E-state index in [0.717, 1.165) is 61.2 Å². The molecule has 0 saturated heterocycles. The predicted octanol–water partition coefficient (Wildman–Crippen LogP) is 9.02. The van der Waals surface area contributed by atoms with Crippen LogP contribution in [0.3, 0.4) is 0 Å². The average Bonchev–Trinajstić information content (AvgIpc) is 3.62. The molecule has 0 fully saturated rings. The maximum Gasteiger partial charge on any atom is 0.136 e. The van der Waals surface area contributed by atoms with Crippen LogP contribution in [-0.2, 0) is 0 Å². The molecule has 2 aromatic heterocycles. The predicted molar refractivity (Wildman–Crippen MR) is 179 cm³/mol. The number of nitrogens with one attached hydrogen (secondary N) is 2. The van der Waals surface area contributed by atoms with Crippen LogP contribution in [0, 0.1) is 0 Å². The van der Waals surface area contributed by atoms with Gasteiger partial charge >= 0.3 is 0 Å². The highest BCUT2D eigenvalue weighted by Gasteiger charge is 2.26. The van der Waals surface area contributed by atoms with Crippen LogP contribution in [0.15, 0.2) is 155 Å². The summed E-state index contributed by atoms with van der Waals surface area (Å²) in [7, 11) is 0. The fourth-order valence-corrected chi connectivity index (χ4v) is 6.59. The average molecular weight is 569 g/mol. The fourth-order valence-electron chi connectivity index (χ4n) is 6.59. The Morgan fingerprint density at radius 1 is 0.545 bits per heavy atom. The van der Waals surface area contributed by atoms with Crippen LogP contribution >= 0.6 is 0 Å². The SMILES string of the molecule is c1ccc(C2=NC(c3cccc(-n4c5ccccc5c5cc6oc7ccccc7c6cc54)c3)NC(c3ccccc3)N2)cc1. The molecule has 2 atom stereocenters. The summed E-state index contributed by atoms with van der Waals surface area (Å²) in [5.74, 6) is 0.875. The topological polar surface area (TPSA) is 54.5 Å². The molecule has 210 valence electrons. The summed E-state index contributed by atoms with van der Waals surface area (Å²) >= 11 is 0. The van der Waals surface area contributed by atoms with Crippen molar-refractivity contribution in [2.45, 2.75) is 12.3 Å². The number of para-hydroxylation sites is 2. The Labute approximate surface area is 254 Å². The maximum atomic E-state index is 6.28. The normalized spacial score (nSPS) is 16.9. The van der Waals surface area contributed by atoms with E-state index in [1.54, 1.807) is 0 Å². The van der Waals surface area contributed by atoms with E-state index in [2.05, 4.69) is 137 Å². The van der Waals surface area contributed by atoms with E-state index in [-0.39, 0.29) is 12.3 Å². The minimum Gasteiger partial charge on any atom is -0.456 e. The Morgan fingerprint density at radius 3 is 2.14 bits per heavy atom. The number of furan rings is 1. The van der Waals surface area contributed by atoms with Crippen LogP contribution in [0.4, 0.5) is 0 Å². The Balaban J connectivity index is 1.22. The number of fused-ring (bicyclic) bond motifs is 6. The van der Waals surface area contributed by atoms with Gasteiger partial charge < -0.3 is 14.3 Å². The first kappa shape index (κ1) is 24.9. The van der Waals surface area contributed by atoms with Gasteiger partial charge in [-0.1, -0.05) is 109 Å². The number of hydrogen-bond donors (Lipinski definition) is 2. The summed E-state index contributed by atoms with van der Waals surface area (Å²) in [5.41, 5.74) is 8.54. The van der Waals surface area contributed by atoms with E-state index in [1.807, 2.05) is 24.3 Å². The summed E-state index contributed by atoms with van der Waals surface area (Å²) in [5, 5.41) is 12.0. The molecule has 0 radical (unpaired) electrons. The van der Waals surface area contributed by atoms with Crippen molar-refractivity contribution in [3.63, 3.8) is 0 Å². The second kappa shape index (κ2) is 9.97. The smallest absolute Gasteiger partial charge is 0.136 e. The van der Waals surface area contributed by atoms with Gasteiger partial charge in [-0.05, 0) is 47.5 Å². The lowest BCUT2D eigenvalue weighted by Crippen LogP contribution is -2.44. The lowest BCUT2D eigenvalue weighted by molar-refractivity contribution is 0.409. The quantitative estimate of drug-likeness (QED) is 0.223. The van der Waals surface area contributed by atoms with Gasteiger partial charge in [-0.15, -0.1) is 0 Å². The summed E-state index contributed by atoms with van der Waals surface area (Å²) in [4.78, 5) is 5.19. The molecule has 0 aliphatic carbocycles. The Hall–Kier alpha value is -5.65. The van der Waals surface area contributed by atoms with Crippen molar-refractivity contribution in [3.8, 4) is 5.69 Å². The van der Waals surface area contributed by atoms with Crippen molar-refractivity contribution in [2.24, 2.45) is 4.99 Å².